The Labute approximate surface area is 177 Å². The molecule has 1 aliphatic carbocycles. The highest BCUT2D eigenvalue weighted by molar-refractivity contribution is 5.94. The average molecular weight is 401 g/mol. The Hall–Kier alpha value is -1.55. The van der Waals surface area contributed by atoms with Gasteiger partial charge >= 0.3 is 0 Å². The molecule has 1 aromatic rings. The third-order valence-corrected chi connectivity index (χ3v) is 6.77. The predicted molar refractivity (Wildman–Crippen MR) is 121 cm³/mol. The zero-order chi connectivity index (χ0) is 20.5. The van der Waals surface area contributed by atoms with E-state index in [1.807, 2.05) is 13.0 Å². The van der Waals surface area contributed by atoms with Crippen LogP contribution in [0.4, 0.5) is 5.69 Å². The SMILES string of the molecule is CCCCC1CCC(C(=O)Nc2ccc(CC3CCNCC3)cc2OCC)CC1. The van der Waals surface area contributed by atoms with Crippen molar-refractivity contribution < 1.29 is 9.53 Å². The highest BCUT2D eigenvalue weighted by Gasteiger charge is 2.26. The van der Waals surface area contributed by atoms with Crippen LogP contribution in [0.25, 0.3) is 0 Å². The summed E-state index contributed by atoms with van der Waals surface area (Å²) in [5.74, 6) is 2.72. The van der Waals surface area contributed by atoms with Gasteiger partial charge in [-0.2, -0.15) is 0 Å². The van der Waals surface area contributed by atoms with Crippen molar-refractivity contribution in [2.24, 2.45) is 17.8 Å². The first kappa shape index (κ1) is 22.1. The summed E-state index contributed by atoms with van der Waals surface area (Å²) in [6, 6.07) is 6.36. The lowest BCUT2D eigenvalue weighted by atomic mass is 9.79. The van der Waals surface area contributed by atoms with E-state index in [2.05, 4.69) is 29.7 Å². The number of hydrogen-bond acceptors (Lipinski definition) is 3. The Morgan fingerprint density at radius 1 is 1.07 bits per heavy atom. The number of carbonyl (C=O) groups is 1. The molecule has 3 rings (SSSR count). The molecule has 1 heterocycles. The fraction of sp³-hybridized carbons (Fsp3) is 0.720. The molecular weight excluding hydrogens is 360 g/mol. The van der Waals surface area contributed by atoms with E-state index in [-0.39, 0.29) is 11.8 Å². The molecule has 1 amide bonds. The molecule has 2 N–H and O–H groups in total. The van der Waals surface area contributed by atoms with Gasteiger partial charge in [-0.3, -0.25) is 4.79 Å². The van der Waals surface area contributed by atoms with Gasteiger partial charge in [0.15, 0.2) is 0 Å². The number of anilines is 1. The summed E-state index contributed by atoms with van der Waals surface area (Å²) in [5, 5.41) is 6.61. The van der Waals surface area contributed by atoms with Crippen LogP contribution in [0.5, 0.6) is 5.75 Å². The average Bonchev–Trinajstić information content (AvgIpc) is 2.75. The topological polar surface area (TPSA) is 50.4 Å². The second kappa shape index (κ2) is 11.6. The van der Waals surface area contributed by atoms with E-state index in [0.29, 0.717) is 6.61 Å². The molecule has 0 atom stereocenters. The van der Waals surface area contributed by atoms with E-state index in [1.165, 1.54) is 50.5 Å². The van der Waals surface area contributed by atoms with Gasteiger partial charge in [-0.05, 0) is 94.5 Å². The van der Waals surface area contributed by atoms with Gasteiger partial charge in [0.05, 0.1) is 12.3 Å². The van der Waals surface area contributed by atoms with Gasteiger partial charge in [0.25, 0.3) is 0 Å². The minimum Gasteiger partial charge on any atom is -0.492 e. The maximum atomic E-state index is 12.9. The molecule has 1 saturated heterocycles. The van der Waals surface area contributed by atoms with E-state index < -0.39 is 0 Å². The summed E-state index contributed by atoms with van der Waals surface area (Å²) < 4.78 is 5.89. The van der Waals surface area contributed by atoms with Crippen LogP contribution in [-0.4, -0.2) is 25.6 Å². The fourth-order valence-electron chi connectivity index (χ4n) is 4.93. The first-order valence-corrected chi connectivity index (χ1v) is 12.0. The summed E-state index contributed by atoms with van der Waals surface area (Å²) in [4.78, 5) is 12.9. The number of piperidine rings is 1. The number of benzene rings is 1. The predicted octanol–water partition coefficient (Wildman–Crippen LogP) is 5.56. The van der Waals surface area contributed by atoms with Crippen LogP contribution in [0.2, 0.25) is 0 Å². The number of ether oxygens (including phenoxy) is 1. The number of rotatable bonds is 9. The molecule has 4 heteroatoms. The van der Waals surface area contributed by atoms with Gasteiger partial charge in [-0.1, -0.05) is 32.3 Å². The molecule has 0 bridgehead atoms. The first-order valence-electron chi connectivity index (χ1n) is 12.0. The van der Waals surface area contributed by atoms with Gasteiger partial charge < -0.3 is 15.4 Å². The third-order valence-electron chi connectivity index (χ3n) is 6.77. The van der Waals surface area contributed by atoms with Crippen molar-refractivity contribution >= 4 is 11.6 Å². The highest BCUT2D eigenvalue weighted by atomic mass is 16.5. The molecule has 2 fully saturated rings. The lowest BCUT2D eigenvalue weighted by Crippen LogP contribution is -2.28. The highest BCUT2D eigenvalue weighted by Crippen LogP contribution is 2.34. The molecule has 0 spiro atoms. The molecular formula is C25H40N2O2. The van der Waals surface area contributed by atoms with Crippen molar-refractivity contribution in [3.8, 4) is 5.75 Å². The van der Waals surface area contributed by atoms with Crippen LogP contribution in [0.3, 0.4) is 0 Å². The minimum atomic E-state index is 0.150. The second-order valence-corrected chi connectivity index (χ2v) is 9.01. The van der Waals surface area contributed by atoms with E-state index in [4.69, 9.17) is 4.74 Å². The zero-order valence-electron chi connectivity index (χ0n) is 18.5. The summed E-state index contributed by atoms with van der Waals surface area (Å²) in [6.07, 6.45) is 12.0. The summed E-state index contributed by atoms with van der Waals surface area (Å²) in [6.45, 7) is 7.12. The largest absolute Gasteiger partial charge is 0.492 e. The molecule has 1 aromatic carbocycles. The Kier molecular flexibility index (Phi) is 8.85. The summed E-state index contributed by atoms with van der Waals surface area (Å²) >= 11 is 0. The van der Waals surface area contributed by atoms with Crippen molar-refractivity contribution in [3.63, 3.8) is 0 Å². The Morgan fingerprint density at radius 2 is 1.83 bits per heavy atom. The zero-order valence-corrected chi connectivity index (χ0v) is 18.5. The Balaban J connectivity index is 1.57. The van der Waals surface area contributed by atoms with Crippen LogP contribution in [-0.2, 0) is 11.2 Å². The van der Waals surface area contributed by atoms with Crippen LogP contribution in [0, 0.1) is 17.8 Å². The lowest BCUT2D eigenvalue weighted by molar-refractivity contribution is -0.121. The van der Waals surface area contributed by atoms with Gasteiger partial charge in [0.1, 0.15) is 5.75 Å². The van der Waals surface area contributed by atoms with Crippen molar-refractivity contribution in [2.75, 3.05) is 25.0 Å². The van der Waals surface area contributed by atoms with Gasteiger partial charge in [-0.25, -0.2) is 0 Å². The standard InChI is InChI=1S/C25H40N2O2/c1-3-5-6-19-7-10-22(11-8-19)25(28)27-23-12-9-21(18-24(23)29-4-2)17-20-13-15-26-16-14-20/h9,12,18-20,22,26H,3-8,10-11,13-17H2,1-2H3,(H,27,28). The van der Waals surface area contributed by atoms with Crippen LogP contribution in [0.15, 0.2) is 18.2 Å². The summed E-state index contributed by atoms with van der Waals surface area (Å²) in [7, 11) is 0. The molecule has 0 radical (unpaired) electrons. The Morgan fingerprint density at radius 3 is 2.52 bits per heavy atom. The number of nitrogens with one attached hydrogen (secondary N) is 2. The van der Waals surface area contributed by atoms with Crippen molar-refractivity contribution in [2.45, 2.75) is 78.1 Å². The number of unbranched alkanes of at least 4 members (excludes halogenated alkanes) is 1. The molecule has 1 aliphatic heterocycles. The van der Waals surface area contributed by atoms with Crippen LogP contribution in [0.1, 0.15) is 77.2 Å². The molecule has 0 aromatic heterocycles. The molecule has 0 unspecified atom stereocenters. The minimum absolute atomic E-state index is 0.150. The van der Waals surface area contributed by atoms with E-state index in [1.54, 1.807) is 0 Å². The van der Waals surface area contributed by atoms with Crippen LogP contribution >= 0.6 is 0 Å². The second-order valence-electron chi connectivity index (χ2n) is 9.01. The molecule has 4 nitrogen and oxygen atoms in total. The van der Waals surface area contributed by atoms with Crippen LogP contribution < -0.4 is 15.4 Å². The molecule has 162 valence electrons. The monoisotopic (exact) mass is 400 g/mol. The maximum absolute atomic E-state index is 12.9. The number of carbonyl (C=O) groups excluding carboxylic acids is 1. The quantitative estimate of drug-likeness (QED) is 0.570. The fourth-order valence-corrected chi connectivity index (χ4v) is 4.93. The van der Waals surface area contributed by atoms with Crippen molar-refractivity contribution in [3.05, 3.63) is 23.8 Å². The molecule has 29 heavy (non-hydrogen) atoms. The van der Waals surface area contributed by atoms with Crippen molar-refractivity contribution in [1.29, 1.82) is 0 Å². The normalized spacial score (nSPS) is 23.0. The third kappa shape index (κ3) is 6.74. The van der Waals surface area contributed by atoms with E-state index in [9.17, 15) is 4.79 Å². The first-order chi connectivity index (χ1) is 14.2. The van der Waals surface area contributed by atoms with E-state index in [0.717, 1.165) is 55.6 Å². The number of amides is 1. The van der Waals surface area contributed by atoms with E-state index >= 15 is 0 Å². The van der Waals surface area contributed by atoms with Gasteiger partial charge in [0.2, 0.25) is 5.91 Å². The van der Waals surface area contributed by atoms with Gasteiger partial charge in [0, 0.05) is 5.92 Å². The lowest BCUT2D eigenvalue weighted by Gasteiger charge is -2.28. The molecule has 2 aliphatic rings. The van der Waals surface area contributed by atoms with Gasteiger partial charge in [-0.15, -0.1) is 0 Å². The number of hydrogen-bond donors (Lipinski definition) is 2. The smallest absolute Gasteiger partial charge is 0.227 e. The maximum Gasteiger partial charge on any atom is 0.227 e. The Bertz CT molecular complexity index is 632. The van der Waals surface area contributed by atoms with Crippen molar-refractivity contribution in [1.82, 2.24) is 5.32 Å². The molecule has 1 saturated carbocycles. The summed E-state index contributed by atoms with van der Waals surface area (Å²) in [5.41, 5.74) is 2.15.